The zero-order chi connectivity index (χ0) is 21.5. The molecule has 1 amide bonds. The number of carbonyl (C=O) groups is 1. The van der Waals surface area contributed by atoms with Crippen LogP contribution < -0.4 is 21.6 Å². The number of fused-ring (bicyclic) bond motifs is 2. The van der Waals surface area contributed by atoms with Crippen molar-refractivity contribution in [2.75, 3.05) is 5.32 Å². The predicted octanol–water partition coefficient (Wildman–Crippen LogP) is 1.73. The van der Waals surface area contributed by atoms with Gasteiger partial charge in [0.2, 0.25) is 5.91 Å². The number of aromatic nitrogens is 3. The number of nitrogens with one attached hydrogen (secondary N) is 3. The molecule has 3 aliphatic carbocycles. The number of rotatable bonds is 6. The van der Waals surface area contributed by atoms with E-state index in [0.29, 0.717) is 29.7 Å². The SMILES string of the molecule is C[C@H]1C(Nc2c[nH]n(CC(=O)NCc3ccncc3)c(=O)c2=O)C[C@@H]2C[C@H]1C2(C)C. The van der Waals surface area contributed by atoms with Gasteiger partial charge in [0.15, 0.2) is 0 Å². The van der Waals surface area contributed by atoms with E-state index in [1.807, 2.05) is 0 Å². The van der Waals surface area contributed by atoms with E-state index in [-0.39, 0.29) is 24.2 Å². The number of carbonyl (C=O) groups excluding carboxylic acids is 1. The summed E-state index contributed by atoms with van der Waals surface area (Å²) >= 11 is 0. The molecule has 2 aromatic rings. The first-order valence-electron chi connectivity index (χ1n) is 10.5. The summed E-state index contributed by atoms with van der Waals surface area (Å²) in [6.07, 6.45) is 7.04. The number of pyridine rings is 1. The lowest BCUT2D eigenvalue weighted by molar-refractivity contribution is -0.122. The third-order valence-electron chi connectivity index (χ3n) is 7.28. The van der Waals surface area contributed by atoms with Crippen molar-refractivity contribution in [2.45, 2.75) is 52.7 Å². The number of hydrogen-bond acceptors (Lipinski definition) is 5. The average molecular weight is 412 g/mol. The lowest BCUT2D eigenvalue weighted by atomic mass is 9.45. The van der Waals surface area contributed by atoms with Crippen LogP contribution in [0, 0.1) is 23.2 Å². The molecular weight excluding hydrogens is 382 g/mol. The monoisotopic (exact) mass is 411 g/mol. The van der Waals surface area contributed by atoms with Gasteiger partial charge in [-0.15, -0.1) is 0 Å². The van der Waals surface area contributed by atoms with Gasteiger partial charge in [-0.2, -0.15) is 0 Å². The molecule has 160 valence electrons. The van der Waals surface area contributed by atoms with Crippen LogP contribution in [0.4, 0.5) is 5.69 Å². The van der Waals surface area contributed by atoms with E-state index in [0.717, 1.165) is 16.7 Å². The third-order valence-corrected chi connectivity index (χ3v) is 7.28. The smallest absolute Gasteiger partial charge is 0.315 e. The lowest BCUT2D eigenvalue weighted by Gasteiger charge is -2.62. The van der Waals surface area contributed by atoms with Gasteiger partial charge in [-0.1, -0.05) is 20.8 Å². The summed E-state index contributed by atoms with van der Waals surface area (Å²) in [7, 11) is 0. The molecule has 0 radical (unpaired) electrons. The van der Waals surface area contributed by atoms with Crippen LogP contribution in [-0.2, 0) is 17.9 Å². The first-order valence-corrected chi connectivity index (χ1v) is 10.5. The molecule has 0 saturated heterocycles. The maximum atomic E-state index is 12.6. The zero-order valence-corrected chi connectivity index (χ0v) is 17.6. The van der Waals surface area contributed by atoms with Gasteiger partial charge in [0.25, 0.3) is 5.43 Å². The molecule has 3 saturated carbocycles. The Morgan fingerprint density at radius 3 is 2.67 bits per heavy atom. The van der Waals surface area contributed by atoms with Crippen LogP contribution in [0.25, 0.3) is 0 Å². The first kappa shape index (κ1) is 20.4. The summed E-state index contributed by atoms with van der Waals surface area (Å²) in [4.78, 5) is 41.2. The van der Waals surface area contributed by atoms with Crippen LogP contribution in [0.2, 0.25) is 0 Å². The van der Waals surface area contributed by atoms with E-state index in [9.17, 15) is 14.4 Å². The zero-order valence-electron chi connectivity index (χ0n) is 17.6. The molecule has 3 N–H and O–H groups in total. The second-order valence-corrected chi connectivity index (χ2v) is 9.25. The van der Waals surface area contributed by atoms with E-state index in [4.69, 9.17) is 0 Å². The second kappa shape index (κ2) is 7.74. The quantitative estimate of drug-likeness (QED) is 0.628. The van der Waals surface area contributed by atoms with Crippen molar-refractivity contribution in [1.82, 2.24) is 20.1 Å². The molecule has 3 aliphatic rings. The van der Waals surface area contributed by atoms with Gasteiger partial charge in [-0.05, 0) is 53.7 Å². The fourth-order valence-corrected chi connectivity index (χ4v) is 5.17. The summed E-state index contributed by atoms with van der Waals surface area (Å²) in [5.41, 5.74) is 0.206. The summed E-state index contributed by atoms with van der Waals surface area (Å²) in [5.74, 6) is 1.37. The van der Waals surface area contributed by atoms with Gasteiger partial charge in [-0.3, -0.25) is 19.4 Å². The van der Waals surface area contributed by atoms with E-state index >= 15 is 0 Å². The molecule has 2 heterocycles. The third kappa shape index (κ3) is 3.66. The number of aromatic amines is 1. The number of amides is 1. The topological polar surface area (TPSA) is 109 Å². The fraction of sp³-hybridized carbons (Fsp3) is 0.545. The van der Waals surface area contributed by atoms with Crippen LogP contribution in [0.15, 0.2) is 40.3 Å². The van der Waals surface area contributed by atoms with Crippen molar-refractivity contribution in [1.29, 1.82) is 0 Å². The van der Waals surface area contributed by atoms with Crippen molar-refractivity contribution in [3.63, 3.8) is 0 Å². The van der Waals surface area contributed by atoms with E-state index in [1.165, 1.54) is 12.6 Å². The average Bonchev–Trinajstić information content (AvgIpc) is 2.73. The Morgan fingerprint density at radius 2 is 2.00 bits per heavy atom. The molecule has 0 spiro atoms. The lowest BCUT2D eigenvalue weighted by Crippen LogP contribution is -2.58. The standard InChI is InChI=1S/C22H29N5O3/c1-13-16-8-15(22(16,2)3)9-17(13)26-18-11-25-27(21(30)20(18)29)12-19(28)24-10-14-4-6-23-7-5-14/h4-7,11,13,15-17,25-26H,8-10,12H2,1-3H3,(H,24,28)/t13-,15+,16-,17?/m1/s1. The molecule has 30 heavy (non-hydrogen) atoms. The minimum atomic E-state index is -0.729. The number of anilines is 1. The molecule has 0 aliphatic heterocycles. The van der Waals surface area contributed by atoms with Gasteiger partial charge < -0.3 is 15.7 Å². The Morgan fingerprint density at radius 1 is 1.27 bits per heavy atom. The molecule has 8 nitrogen and oxygen atoms in total. The van der Waals surface area contributed by atoms with Gasteiger partial charge in [0.1, 0.15) is 12.2 Å². The number of nitrogens with zero attached hydrogens (tertiary/aromatic N) is 2. The summed E-state index contributed by atoms with van der Waals surface area (Å²) in [6.45, 7) is 6.97. The van der Waals surface area contributed by atoms with Crippen LogP contribution in [0.5, 0.6) is 0 Å². The molecule has 3 fully saturated rings. The van der Waals surface area contributed by atoms with E-state index in [2.05, 4.69) is 41.5 Å². The maximum Gasteiger partial charge on any atom is 0.315 e. The first-order chi connectivity index (χ1) is 14.3. The summed E-state index contributed by atoms with van der Waals surface area (Å²) < 4.78 is 1.04. The van der Waals surface area contributed by atoms with Crippen molar-refractivity contribution in [2.24, 2.45) is 23.2 Å². The molecule has 1 unspecified atom stereocenters. The van der Waals surface area contributed by atoms with E-state index in [1.54, 1.807) is 24.5 Å². The van der Waals surface area contributed by atoms with Gasteiger partial charge in [0, 0.05) is 31.2 Å². The summed E-state index contributed by atoms with van der Waals surface area (Å²) in [5, 5.41) is 8.82. The Kier molecular flexibility index (Phi) is 5.26. The molecule has 5 rings (SSSR count). The van der Waals surface area contributed by atoms with Crippen LogP contribution in [-0.4, -0.2) is 26.7 Å². The Bertz CT molecular complexity index is 1040. The van der Waals surface area contributed by atoms with Crippen molar-refractivity contribution in [3.8, 4) is 0 Å². The number of H-pyrrole nitrogens is 1. The highest BCUT2D eigenvalue weighted by atomic mass is 16.2. The van der Waals surface area contributed by atoms with Crippen LogP contribution in [0.1, 0.15) is 39.2 Å². The summed E-state index contributed by atoms with van der Waals surface area (Å²) in [6, 6.07) is 3.78. The van der Waals surface area contributed by atoms with Crippen molar-refractivity contribution in [3.05, 3.63) is 56.9 Å². The Labute approximate surface area is 175 Å². The normalized spacial score (nSPS) is 26.5. The maximum absolute atomic E-state index is 12.6. The minimum absolute atomic E-state index is 0.182. The minimum Gasteiger partial charge on any atom is -0.377 e. The Hall–Kier alpha value is -2.90. The van der Waals surface area contributed by atoms with Crippen LogP contribution in [0.3, 0.4) is 0 Å². The predicted molar refractivity (Wildman–Crippen MR) is 114 cm³/mol. The van der Waals surface area contributed by atoms with Gasteiger partial charge >= 0.3 is 5.56 Å². The second-order valence-electron chi connectivity index (χ2n) is 9.25. The fourth-order valence-electron chi connectivity index (χ4n) is 5.17. The van der Waals surface area contributed by atoms with Crippen LogP contribution >= 0.6 is 0 Å². The molecule has 2 bridgehead atoms. The highest BCUT2D eigenvalue weighted by Crippen LogP contribution is 2.61. The molecule has 4 atom stereocenters. The van der Waals surface area contributed by atoms with Gasteiger partial charge in [-0.25, -0.2) is 4.68 Å². The van der Waals surface area contributed by atoms with Gasteiger partial charge in [0.05, 0.1) is 0 Å². The Balaban J connectivity index is 1.40. The van der Waals surface area contributed by atoms with E-state index < -0.39 is 11.0 Å². The molecular formula is C22H29N5O3. The molecule has 8 heteroatoms. The molecule has 2 aromatic heterocycles. The highest BCUT2D eigenvalue weighted by Gasteiger charge is 2.56. The largest absolute Gasteiger partial charge is 0.377 e. The van der Waals surface area contributed by atoms with Crippen molar-refractivity contribution >= 4 is 11.6 Å². The highest BCUT2D eigenvalue weighted by molar-refractivity contribution is 5.75. The number of hydrogen-bond donors (Lipinski definition) is 3. The molecule has 0 aromatic carbocycles. The van der Waals surface area contributed by atoms with Crippen molar-refractivity contribution < 1.29 is 4.79 Å².